The van der Waals surface area contributed by atoms with Gasteiger partial charge in [-0.15, -0.1) is 6.58 Å². The zero-order chi connectivity index (χ0) is 12.9. The average Bonchev–Trinajstić information content (AvgIpc) is 2.60. The first-order valence-corrected chi connectivity index (χ1v) is 6.40. The highest BCUT2D eigenvalue weighted by molar-refractivity contribution is 5.81. The summed E-state index contributed by atoms with van der Waals surface area (Å²) in [5.74, 6) is 0. The van der Waals surface area contributed by atoms with E-state index in [-0.39, 0.29) is 11.1 Å². The highest BCUT2D eigenvalue weighted by Crippen LogP contribution is 2.36. The maximum Gasteiger partial charge on any atom is 0.329 e. The molecule has 94 valence electrons. The van der Waals surface area contributed by atoms with Crippen LogP contribution in [0.4, 0.5) is 0 Å². The third-order valence-corrected chi connectivity index (χ3v) is 4.04. The van der Waals surface area contributed by atoms with E-state index in [1.165, 1.54) is 5.56 Å². The Labute approximate surface area is 106 Å². The number of imidazole rings is 1. The van der Waals surface area contributed by atoms with Crippen LogP contribution in [0.25, 0.3) is 11.0 Å². The van der Waals surface area contributed by atoms with Crippen molar-refractivity contribution in [1.29, 1.82) is 0 Å². The van der Waals surface area contributed by atoms with Crippen LogP contribution in [0, 0.1) is 0 Å². The quantitative estimate of drug-likeness (QED) is 0.744. The van der Waals surface area contributed by atoms with Crippen molar-refractivity contribution in [3.05, 3.63) is 46.9 Å². The molecule has 0 amide bonds. The number of para-hydroxylation sites is 1. The van der Waals surface area contributed by atoms with Gasteiger partial charge in [-0.2, -0.15) is 0 Å². The fourth-order valence-corrected chi connectivity index (χ4v) is 2.96. The molecule has 0 N–H and O–H groups in total. The number of nitrogens with zero attached hydrogens (tertiary/aromatic N) is 2. The van der Waals surface area contributed by atoms with Crippen LogP contribution in [0.1, 0.15) is 25.8 Å². The summed E-state index contributed by atoms with van der Waals surface area (Å²) in [6, 6.07) is 6.23. The molecule has 1 aliphatic heterocycles. The SMILES string of the molecule is C=CCn1c(=O)n2c3c(cccc31)C(C)(C)CC2. The topological polar surface area (TPSA) is 26.9 Å². The molecule has 3 heteroatoms. The van der Waals surface area contributed by atoms with Gasteiger partial charge < -0.3 is 0 Å². The second kappa shape index (κ2) is 3.61. The van der Waals surface area contributed by atoms with Crippen molar-refractivity contribution in [3.63, 3.8) is 0 Å². The third-order valence-electron chi connectivity index (χ3n) is 4.04. The van der Waals surface area contributed by atoms with Gasteiger partial charge in [0.2, 0.25) is 0 Å². The van der Waals surface area contributed by atoms with Crippen molar-refractivity contribution in [2.75, 3.05) is 0 Å². The fourth-order valence-electron chi connectivity index (χ4n) is 2.96. The number of aromatic nitrogens is 2. The summed E-state index contributed by atoms with van der Waals surface area (Å²) in [5, 5.41) is 0. The van der Waals surface area contributed by atoms with Crippen molar-refractivity contribution in [1.82, 2.24) is 9.13 Å². The molecule has 18 heavy (non-hydrogen) atoms. The van der Waals surface area contributed by atoms with Gasteiger partial charge in [-0.05, 0) is 23.5 Å². The number of rotatable bonds is 2. The molecule has 1 aromatic heterocycles. The van der Waals surface area contributed by atoms with Crippen molar-refractivity contribution in [3.8, 4) is 0 Å². The van der Waals surface area contributed by atoms with E-state index < -0.39 is 0 Å². The Bertz CT molecular complexity index is 688. The Kier molecular flexibility index (Phi) is 2.27. The molecule has 2 heterocycles. The molecule has 3 nitrogen and oxygen atoms in total. The molecule has 1 aromatic carbocycles. The van der Waals surface area contributed by atoms with Crippen LogP contribution >= 0.6 is 0 Å². The zero-order valence-corrected chi connectivity index (χ0v) is 10.9. The van der Waals surface area contributed by atoms with E-state index in [9.17, 15) is 4.79 Å². The van der Waals surface area contributed by atoms with E-state index in [1.807, 2.05) is 21.3 Å². The first-order valence-electron chi connectivity index (χ1n) is 6.40. The molecule has 0 saturated carbocycles. The van der Waals surface area contributed by atoms with E-state index in [4.69, 9.17) is 0 Å². The van der Waals surface area contributed by atoms with Crippen molar-refractivity contribution in [2.24, 2.45) is 0 Å². The van der Waals surface area contributed by atoms with Crippen LogP contribution in [0.3, 0.4) is 0 Å². The zero-order valence-electron chi connectivity index (χ0n) is 10.9. The smallest absolute Gasteiger partial charge is 0.292 e. The molecule has 0 saturated heterocycles. The lowest BCUT2D eigenvalue weighted by Crippen LogP contribution is -2.31. The Balaban J connectivity index is 2.46. The van der Waals surface area contributed by atoms with Gasteiger partial charge in [0.25, 0.3) is 0 Å². The van der Waals surface area contributed by atoms with Crippen LogP contribution in [0.15, 0.2) is 35.6 Å². The predicted molar refractivity (Wildman–Crippen MR) is 74.0 cm³/mol. The molecule has 0 fully saturated rings. The Hall–Kier alpha value is -1.77. The number of benzene rings is 1. The lowest BCUT2D eigenvalue weighted by molar-refractivity contribution is 0.416. The highest BCUT2D eigenvalue weighted by atomic mass is 16.1. The van der Waals surface area contributed by atoms with Gasteiger partial charge >= 0.3 is 5.69 Å². The molecule has 3 rings (SSSR count). The normalized spacial score (nSPS) is 17.0. The van der Waals surface area contributed by atoms with Gasteiger partial charge in [0.1, 0.15) is 0 Å². The van der Waals surface area contributed by atoms with Crippen LogP contribution in [0.5, 0.6) is 0 Å². The van der Waals surface area contributed by atoms with Crippen molar-refractivity contribution in [2.45, 2.75) is 38.8 Å². The van der Waals surface area contributed by atoms with Crippen LogP contribution in [0.2, 0.25) is 0 Å². The number of hydrogen-bond acceptors (Lipinski definition) is 1. The van der Waals surface area contributed by atoms with E-state index in [2.05, 4.69) is 26.5 Å². The van der Waals surface area contributed by atoms with Crippen LogP contribution in [-0.4, -0.2) is 9.13 Å². The molecule has 0 bridgehead atoms. The molecule has 0 atom stereocenters. The minimum atomic E-state index is 0.0906. The van der Waals surface area contributed by atoms with E-state index in [0.717, 1.165) is 24.0 Å². The number of allylic oxidation sites excluding steroid dienone is 1. The second-order valence-electron chi connectivity index (χ2n) is 5.64. The molecule has 0 aliphatic carbocycles. The third kappa shape index (κ3) is 1.33. The summed E-state index contributed by atoms with van der Waals surface area (Å²) in [6.07, 6.45) is 2.79. The summed E-state index contributed by atoms with van der Waals surface area (Å²) >= 11 is 0. The van der Waals surface area contributed by atoms with Gasteiger partial charge in [0.05, 0.1) is 11.0 Å². The largest absolute Gasteiger partial charge is 0.329 e. The molecule has 0 radical (unpaired) electrons. The van der Waals surface area contributed by atoms with Gasteiger partial charge in [0.15, 0.2) is 0 Å². The molecule has 2 aromatic rings. The fraction of sp³-hybridized carbons (Fsp3) is 0.400. The highest BCUT2D eigenvalue weighted by Gasteiger charge is 2.30. The minimum absolute atomic E-state index is 0.0906. The Morgan fingerprint density at radius 1 is 1.44 bits per heavy atom. The Morgan fingerprint density at radius 3 is 2.94 bits per heavy atom. The maximum atomic E-state index is 12.4. The van der Waals surface area contributed by atoms with E-state index in [0.29, 0.717) is 6.54 Å². The Morgan fingerprint density at radius 2 is 2.22 bits per heavy atom. The number of aryl methyl sites for hydroxylation is 1. The molecular weight excluding hydrogens is 224 g/mol. The standard InChI is InChI=1S/C15H18N2O/c1-4-9-16-12-7-5-6-11-13(12)17(14(16)18)10-8-15(11,2)3/h4-7H,1,8-10H2,2-3H3. The molecule has 1 aliphatic rings. The minimum Gasteiger partial charge on any atom is -0.292 e. The average molecular weight is 242 g/mol. The number of hydrogen-bond donors (Lipinski definition) is 0. The van der Waals surface area contributed by atoms with Gasteiger partial charge in [-0.3, -0.25) is 9.13 Å². The van der Waals surface area contributed by atoms with Gasteiger partial charge in [-0.25, -0.2) is 4.79 Å². The lowest BCUT2D eigenvalue weighted by Gasteiger charge is -2.30. The molecule has 0 spiro atoms. The lowest BCUT2D eigenvalue weighted by atomic mass is 9.79. The first kappa shape index (κ1) is 11.3. The molecular formula is C15H18N2O. The summed E-state index contributed by atoms with van der Waals surface area (Å²) in [6.45, 7) is 9.62. The van der Waals surface area contributed by atoms with E-state index in [1.54, 1.807) is 6.08 Å². The van der Waals surface area contributed by atoms with Gasteiger partial charge in [-0.1, -0.05) is 32.1 Å². The summed E-state index contributed by atoms with van der Waals surface area (Å²) < 4.78 is 3.73. The van der Waals surface area contributed by atoms with Crippen molar-refractivity contribution >= 4 is 11.0 Å². The second-order valence-corrected chi connectivity index (χ2v) is 5.64. The van der Waals surface area contributed by atoms with Crippen LogP contribution in [-0.2, 0) is 18.5 Å². The summed E-state index contributed by atoms with van der Waals surface area (Å²) in [7, 11) is 0. The van der Waals surface area contributed by atoms with Gasteiger partial charge in [0, 0.05) is 13.1 Å². The summed E-state index contributed by atoms with van der Waals surface area (Å²) in [4.78, 5) is 12.4. The maximum absolute atomic E-state index is 12.4. The summed E-state index contributed by atoms with van der Waals surface area (Å²) in [5.41, 5.74) is 3.66. The predicted octanol–water partition coefficient (Wildman–Crippen LogP) is 2.67. The van der Waals surface area contributed by atoms with Crippen molar-refractivity contribution < 1.29 is 0 Å². The first-order chi connectivity index (χ1) is 8.56. The monoisotopic (exact) mass is 242 g/mol. The molecule has 0 unspecified atom stereocenters. The van der Waals surface area contributed by atoms with E-state index >= 15 is 0 Å². The van der Waals surface area contributed by atoms with Crippen LogP contribution < -0.4 is 5.69 Å².